The van der Waals surface area contributed by atoms with Crippen molar-refractivity contribution in [3.63, 3.8) is 0 Å². The quantitative estimate of drug-likeness (QED) is 0.849. The highest BCUT2D eigenvalue weighted by atomic mass is 16.5. The summed E-state index contributed by atoms with van der Waals surface area (Å²) >= 11 is 0. The average Bonchev–Trinajstić information content (AvgIpc) is 3.09. The highest BCUT2D eigenvalue weighted by molar-refractivity contribution is 5.40. The van der Waals surface area contributed by atoms with E-state index in [2.05, 4.69) is 45.0 Å². The van der Waals surface area contributed by atoms with E-state index in [1.807, 2.05) is 20.2 Å². The van der Waals surface area contributed by atoms with Gasteiger partial charge in [-0.1, -0.05) is 13.0 Å². The molecule has 3 heterocycles. The molecule has 1 atom stereocenters. The maximum absolute atomic E-state index is 5.49. The van der Waals surface area contributed by atoms with E-state index in [0.29, 0.717) is 5.92 Å². The van der Waals surface area contributed by atoms with Crippen LogP contribution < -0.4 is 4.90 Å². The largest absolute Gasteiger partial charge is 0.381 e. The smallest absolute Gasteiger partial charge is 0.132 e. The van der Waals surface area contributed by atoms with E-state index in [1.54, 1.807) is 0 Å². The van der Waals surface area contributed by atoms with Crippen LogP contribution in [0.4, 0.5) is 5.82 Å². The zero-order valence-electron chi connectivity index (χ0n) is 14.1. The van der Waals surface area contributed by atoms with Crippen molar-refractivity contribution in [1.82, 2.24) is 15.0 Å². The first kappa shape index (κ1) is 15.9. The molecule has 1 fully saturated rings. The summed E-state index contributed by atoms with van der Waals surface area (Å²) in [6, 6.07) is 6.32. The van der Waals surface area contributed by atoms with Crippen molar-refractivity contribution in [2.45, 2.75) is 39.2 Å². The summed E-state index contributed by atoms with van der Waals surface area (Å²) in [6.45, 7) is 6.42. The SMILES string of the molecule is CCc1ccc(CN(C)c2cc([C@@H]3CCOC3)nc(C)n2)nc1. The Kier molecular flexibility index (Phi) is 4.86. The van der Waals surface area contributed by atoms with E-state index in [1.165, 1.54) is 5.56 Å². The first-order valence-electron chi connectivity index (χ1n) is 8.24. The lowest BCUT2D eigenvalue weighted by atomic mass is 10.0. The molecule has 3 rings (SSSR count). The second-order valence-electron chi connectivity index (χ2n) is 6.13. The van der Waals surface area contributed by atoms with Gasteiger partial charge in [-0.25, -0.2) is 9.97 Å². The van der Waals surface area contributed by atoms with Crippen molar-refractivity contribution in [2.24, 2.45) is 0 Å². The standard InChI is InChI=1S/C18H24N4O/c1-4-14-5-6-16(19-10-14)11-22(3)18-9-17(20-13(2)21-18)15-7-8-23-12-15/h5-6,9-10,15H,4,7-8,11-12H2,1-3H3/t15-/m1/s1. The predicted octanol–water partition coefficient (Wildman–Crippen LogP) is 2.88. The molecule has 1 aliphatic heterocycles. The van der Waals surface area contributed by atoms with E-state index in [9.17, 15) is 0 Å². The van der Waals surface area contributed by atoms with Crippen LogP contribution in [0.2, 0.25) is 0 Å². The first-order chi connectivity index (χ1) is 11.2. The summed E-state index contributed by atoms with van der Waals surface area (Å²) < 4.78 is 5.49. The van der Waals surface area contributed by atoms with Gasteiger partial charge >= 0.3 is 0 Å². The molecular weight excluding hydrogens is 288 g/mol. The molecule has 0 unspecified atom stereocenters. The number of aromatic nitrogens is 3. The lowest BCUT2D eigenvalue weighted by molar-refractivity contribution is 0.193. The summed E-state index contributed by atoms with van der Waals surface area (Å²) in [5, 5.41) is 0. The molecule has 2 aromatic heterocycles. The third kappa shape index (κ3) is 3.85. The molecule has 0 spiro atoms. The van der Waals surface area contributed by atoms with Crippen molar-refractivity contribution in [3.8, 4) is 0 Å². The van der Waals surface area contributed by atoms with Crippen LogP contribution in [0.5, 0.6) is 0 Å². The van der Waals surface area contributed by atoms with Gasteiger partial charge in [-0.3, -0.25) is 4.98 Å². The zero-order chi connectivity index (χ0) is 16.2. The Morgan fingerprint density at radius 3 is 2.83 bits per heavy atom. The Labute approximate surface area is 137 Å². The molecule has 0 aromatic carbocycles. The Bertz CT molecular complexity index is 651. The van der Waals surface area contributed by atoms with Crippen molar-refractivity contribution in [3.05, 3.63) is 47.2 Å². The minimum absolute atomic E-state index is 0.394. The van der Waals surface area contributed by atoms with Gasteiger partial charge in [-0.15, -0.1) is 0 Å². The first-order valence-corrected chi connectivity index (χ1v) is 8.24. The number of hydrogen-bond donors (Lipinski definition) is 0. The van der Waals surface area contributed by atoms with Crippen LogP contribution in [-0.2, 0) is 17.7 Å². The maximum Gasteiger partial charge on any atom is 0.132 e. The lowest BCUT2D eigenvalue weighted by Gasteiger charge is -2.20. The molecule has 23 heavy (non-hydrogen) atoms. The Balaban J connectivity index is 1.76. The normalized spacial score (nSPS) is 17.4. The van der Waals surface area contributed by atoms with E-state index in [4.69, 9.17) is 4.74 Å². The molecule has 1 saturated heterocycles. The highest BCUT2D eigenvalue weighted by Crippen LogP contribution is 2.26. The molecule has 0 radical (unpaired) electrons. The minimum Gasteiger partial charge on any atom is -0.381 e. The van der Waals surface area contributed by atoms with Crippen LogP contribution in [0.1, 0.15) is 42.0 Å². The van der Waals surface area contributed by atoms with E-state index in [0.717, 1.165) is 55.6 Å². The van der Waals surface area contributed by atoms with E-state index < -0.39 is 0 Å². The number of pyridine rings is 1. The van der Waals surface area contributed by atoms with Gasteiger partial charge < -0.3 is 9.64 Å². The summed E-state index contributed by atoms with van der Waals surface area (Å²) in [5.41, 5.74) is 3.40. The van der Waals surface area contributed by atoms with Gasteiger partial charge in [0.05, 0.1) is 24.5 Å². The fourth-order valence-electron chi connectivity index (χ4n) is 2.83. The number of nitrogens with zero attached hydrogens (tertiary/aromatic N) is 4. The van der Waals surface area contributed by atoms with Crippen molar-refractivity contribution in [1.29, 1.82) is 0 Å². The van der Waals surface area contributed by atoms with Crippen LogP contribution in [-0.4, -0.2) is 35.2 Å². The van der Waals surface area contributed by atoms with Crippen molar-refractivity contribution in [2.75, 3.05) is 25.2 Å². The number of hydrogen-bond acceptors (Lipinski definition) is 5. The van der Waals surface area contributed by atoms with Crippen molar-refractivity contribution < 1.29 is 4.74 Å². The van der Waals surface area contributed by atoms with Crippen LogP contribution in [0.3, 0.4) is 0 Å². The summed E-state index contributed by atoms with van der Waals surface area (Å²) in [5.74, 6) is 2.15. The van der Waals surface area contributed by atoms with Gasteiger partial charge in [0.25, 0.3) is 0 Å². The lowest BCUT2D eigenvalue weighted by Crippen LogP contribution is -2.20. The maximum atomic E-state index is 5.49. The molecule has 1 aliphatic rings. The zero-order valence-corrected chi connectivity index (χ0v) is 14.1. The second-order valence-corrected chi connectivity index (χ2v) is 6.13. The predicted molar refractivity (Wildman–Crippen MR) is 90.7 cm³/mol. The molecular formula is C18H24N4O. The molecule has 0 saturated carbocycles. The van der Waals surface area contributed by atoms with Crippen LogP contribution >= 0.6 is 0 Å². The van der Waals surface area contributed by atoms with Gasteiger partial charge in [-0.2, -0.15) is 0 Å². The minimum atomic E-state index is 0.394. The van der Waals surface area contributed by atoms with Gasteiger partial charge in [-0.05, 0) is 31.4 Å². The van der Waals surface area contributed by atoms with Crippen LogP contribution in [0.25, 0.3) is 0 Å². The van der Waals surface area contributed by atoms with Gasteiger partial charge in [0.1, 0.15) is 11.6 Å². The van der Waals surface area contributed by atoms with Crippen LogP contribution in [0, 0.1) is 6.92 Å². The summed E-state index contributed by atoms with van der Waals surface area (Å²) in [4.78, 5) is 15.8. The third-order valence-corrected chi connectivity index (χ3v) is 4.28. The van der Waals surface area contributed by atoms with Crippen LogP contribution in [0.15, 0.2) is 24.4 Å². The van der Waals surface area contributed by atoms with Crippen molar-refractivity contribution >= 4 is 5.82 Å². The monoisotopic (exact) mass is 312 g/mol. The molecule has 5 nitrogen and oxygen atoms in total. The molecule has 0 N–H and O–H groups in total. The number of aryl methyl sites for hydroxylation is 2. The Hall–Kier alpha value is -2.01. The summed E-state index contributed by atoms with van der Waals surface area (Å²) in [6.07, 6.45) is 4.01. The Morgan fingerprint density at radius 2 is 2.17 bits per heavy atom. The number of anilines is 1. The summed E-state index contributed by atoms with van der Waals surface area (Å²) in [7, 11) is 2.05. The molecule has 2 aromatic rings. The van der Waals surface area contributed by atoms with Gasteiger partial charge in [0, 0.05) is 31.8 Å². The van der Waals surface area contributed by atoms with E-state index >= 15 is 0 Å². The second kappa shape index (κ2) is 7.04. The molecule has 0 aliphatic carbocycles. The molecule has 122 valence electrons. The average molecular weight is 312 g/mol. The molecule has 5 heteroatoms. The fraction of sp³-hybridized carbons (Fsp3) is 0.500. The topological polar surface area (TPSA) is 51.1 Å². The van der Waals surface area contributed by atoms with Gasteiger partial charge in [0.2, 0.25) is 0 Å². The third-order valence-electron chi connectivity index (χ3n) is 4.28. The fourth-order valence-corrected chi connectivity index (χ4v) is 2.83. The Morgan fingerprint density at radius 1 is 1.30 bits per heavy atom. The van der Waals surface area contributed by atoms with Gasteiger partial charge in [0.15, 0.2) is 0 Å². The molecule has 0 bridgehead atoms. The molecule has 0 amide bonds. The number of rotatable bonds is 5. The van der Waals surface area contributed by atoms with E-state index in [-0.39, 0.29) is 0 Å². The number of ether oxygens (including phenoxy) is 1. The highest BCUT2D eigenvalue weighted by Gasteiger charge is 2.21.